The fourth-order valence-electron chi connectivity index (χ4n) is 3.03. The van der Waals surface area contributed by atoms with Crippen LogP contribution in [0.3, 0.4) is 0 Å². The van der Waals surface area contributed by atoms with E-state index in [9.17, 15) is 0 Å². The Kier molecular flexibility index (Phi) is 17.8. The van der Waals surface area contributed by atoms with Crippen LogP contribution in [0.1, 0.15) is 13.3 Å². The van der Waals surface area contributed by atoms with Crippen LogP contribution in [0.15, 0.2) is 0 Å². The second kappa shape index (κ2) is 18.1. The van der Waals surface area contributed by atoms with E-state index in [0.29, 0.717) is 0 Å². The number of nitrogens with two attached hydrogens (primary N) is 3. The SMILES string of the molecule is CC[NH+](CC[NH3+])CCC[NH2+]CC[NH2+]CC[NH+](CC[NH3+])CC[NH2+]C. The molecular weight excluding hydrogens is 290 g/mol. The van der Waals surface area contributed by atoms with Crippen molar-refractivity contribution in [3.8, 4) is 0 Å². The Morgan fingerprint density at radius 3 is 1.91 bits per heavy atom. The molecule has 7 heteroatoms. The van der Waals surface area contributed by atoms with Crippen molar-refractivity contribution < 1.29 is 37.2 Å². The molecule has 23 heavy (non-hydrogen) atoms. The van der Waals surface area contributed by atoms with Crippen LogP contribution in [0.4, 0.5) is 0 Å². The van der Waals surface area contributed by atoms with Crippen LogP contribution >= 0.6 is 0 Å². The summed E-state index contributed by atoms with van der Waals surface area (Å²) in [7, 11) is 2.16. The van der Waals surface area contributed by atoms with E-state index < -0.39 is 0 Å². The molecule has 0 saturated carbocycles. The lowest BCUT2D eigenvalue weighted by molar-refractivity contribution is -0.927. The number of hydrogen-bond donors (Lipinski definition) is 7. The second-order valence-electron chi connectivity index (χ2n) is 6.59. The van der Waals surface area contributed by atoms with E-state index in [4.69, 9.17) is 0 Å². The molecule has 0 spiro atoms. The third kappa shape index (κ3) is 15.0. The molecule has 14 N–H and O–H groups in total. The molecule has 2 atom stereocenters. The Morgan fingerprint density at radius 2 is 1.30 bits per heavy atom. The van der Waals surface area contributed by atoms with Gasteiger partial charge in [-0.15, -0.1) is 0 Å². The van der Waals surface area contributed by atoms with E-state index in [2.05, 4.69) is 41.4 Å². The minimum atomic E-state index is 1.05. The summed E-state index contributed by atoms with van der Waals surface area (Å²) >= 11 is 0. The van der Waals surface area contributed by atoms with E-state index in [-0.39, 0.29) is 0 Å². The Bertz CT molecular complexity index is 228. The Labute approximate surface area is 143 Å². The van der Waals surface area contributed by atoms with Crippen molar-refractivity contribution in [3.05, 3.63) is 0 Å². The van der Waals surface area contributed by atoms with Gasteiger partial charge in [0.25, 0.3) is 0 Å². The topological polar surface area (TPSA) is 114 Å². The monoisotopic (exact) mass is 338 g/mol. The van der Waals surface area contributed by atoms with Crippen molar-refractivity contribution >= 4 is 0 Å². The number of hydrogen-bond acceptors (Lipinski definition) is 0. The number of rotatable bonds is 18. The zero-order chi connectivity index (χ0) is 17.2. The molecule has 0 amide bonds. The van der Waals surface area contributed by atoms with Gasteiger partial charge < -0.3 is 37.2 Å². The molecule has 0 rings (SSSR count). The van der Waals surface area contributed by atoms with Crippen LogP contribution in [0, 0.1) is 0 Å². The largest absolute Gasteiger partial charge is 0.353 e. The zero-order valence-electron chi connectivity index (χ0n) is 16.0. The Balaban J connectivity index is 3.40. The first kappa shape index (κ1) is 22.7. The fraction of sp³-hybridized carbons (Fsp3) is 1.00. The average Bonchev–Trinajstić information content (AvgIpc) is 2.56. The molecule has 0 bridgehead atoms. The van der Waals surface area contributed by atoms with Crippen LogP contribution < -0.4 is 37.2 Å². The molecule has 0 saturated heterocycles. The van der Waals surface area contributed by atoms with Gasteiger partial charge in [0.1, 0.15) is 65.4 Å². The molecule has 0 radical (unpaired) electrons. The summed E-state index contributed by atoms with van der Waals surface area (Å²) in [5.74, 6) is 0. The van der Waals surface area contributed by atoms with E-state index in [1.165, 1.54) is 78.4 Å². The zero-order valence-corrected chi connectivity index (χ0v) is 16.0. The first-order valence-electron chi connectivity index (χ1n) is 9.95. The predicted molar refractivity (Wildman–Crippen MR) is 93.0 cm³/mol. The van der Waals surface area contributed by atoms with Crippen LogP contribution in [-0.4, -0.2) is 92.1 Å². The minimum absolute atomic E-state index is 1.05. The first-order valence-corrected chi connectivity index (χ1v) is 9.95. The highest BCUT2D eigenvalue weighted by Gasteiger charge is 2.09. The van der Waals surface area contributed by atoms with Gasteiger partial charge in [-0.25, -0.2) is 0 Å². The predicted octanol–water partition coefficient (Wildman–Crippen LogP) is -9.03. The van der Waals surface area contributed by atoms with Crippen LogP contribution in [-0.2, 0) is 0 Å². The number of likely N-dealkylation sites (N-methyl/N-ethyl adjacent to an activating group) is 2. The molecule has 140 valence electrons. The lowest BCUT2D eigenvalue weighted by Gasteiger charge is -2.16. The summed E-state index contributed by atoms with van der Waals surface area (Å²) in [5, 5.41) is 7.25. The van der Waals surface area contributed by atoms with E-state index >= 15 is 0 Å². The maximum Gasteiger partial charge on any atom is 0.127 e. The molecule has 0 fully saturated rings. The van der Waals surface area contributed by atoms with Gasteiger partial charge in [0.15, 0.2) is 0 Å². The van der Waals surface area contributed by atoms with Crippen molar-refractivity contribution in [1.29, 1.82) is 0 Å². The third-order valence-corrected chi connectivity index (χ3v) is 4.56. The van der Waals surface area contributed by atoms with Crippen molar-refractivity contribution in [2.75, 3.05) is 92.1 Å². The molecule has 0 heterocycles. The van der Waals surface area contributed by atoms with Crippen molar-refractivity contribution in [2.24, 2.45) is 0 Å². The van der Waals surface area contributed by atoms with Crippen molar-refractivity contribution in [1.82, 2.24) is 0 Å². The van der Waals surface area contributed by atoms with E-state index in [1.54, 1.807) is 9.80 Å². The Morgan fingerprint density at radius 1 is 0.696 bits per heavy atom. The van der Waals surface area contributed by atoms with Crippen molar-refractivity contribution in [3.63, 3.8) is 0 Å². The van der Waals surface area contributed by atoms with Crippen molar-refractivity contribution in [2.45, 2.75) is 13.3 Å². The van der Waals surface area contributed by atoms with Gasteiger partial charge in [-0.1, -0.05) is 0 Å². The molecule has 0 aliphatic heterocycles. The van der Waals surface area contributed by atoms with Crippen LogP contribution in [0.2, 0.25) is 0 Å². The fourth-order valence-corrected chi connectivity index (χ4v) is 3.03. The van der Waals surface area contributed by atoms with Gasteiger partial charge in [0, 0.05) is 6.42 Å². The van der Waals surface area contributed by atoms with Gasteiger partial charge in [-0.05, 0) is 6.92 Å². The molecular formula is C16H48N7+7. The lowest BCUT2D eigenvalue weighted by atomic mass is 10.3. The van der Waals surface area contributed by atoms with Gasteiger partial charge >= 0.3 is 0 Å². The quantitative estimate of drug-likeness (QED) is 0.120. The second-order valence-corrected chi connectivity index (χ2v) is 6.59. The lowest BCUT2D eigenvalue weighted by Crippen LogP contribution is -3.18. The van der Waals surface area contributed by atoms with Gasteiger partial charge in [-0.2, -0.15) is 0 Å². The molecule has 7 nitrogen and oxygen atoms in total. The van der Waals surface area contributed by atoms with Gasteiger partial charge in [0.2, 0.25) is 0 Å². The number of nitrogens with one attached hydrogen (secondary N) is 2. The Hall–Kier alpha value is -0.280. The molecule has 0 aromatic rings. The van der Waals surface area contributed by atoms with E-state index in [1.807, 2.05) is 0 Å². The summed E-state index contributed by atoms with van der Waals surface area (Å²) < 4.78 is 0. The molecule has 0 aromatic heterocycles. The third-order valence-electron chi connectivity index (χ3n) is 4.56. The summed E-state index contributed by atoms with van der Waals surface area (Å²) in [5.41, 5.74) is 7.96. The molecule has 0 aliphatic rings. The maximum atomic E-state index is 4.00. The normalized spacial score (nSPS) is 14.1. The highest BCUT2D eigenvalue weighted by atomic mass is 15.2. The smallest absolute Gasteiger partial charge is 0.127 e. The summed E-state index contributed by atoms with van der Waals surface area (Å²) in [6.07, 6.45) is 1.33. The molecule has 0 aliphatic carbocycles. The first-order chi connectivity index (χ1) is 11.3. The minimum Gasteiger partial charge on any atom is -0.353 e. The summed E-state index contributed by atoms with van der Waals surface area (Å²) in [6, 6.07) is 0. The van der Waals surface area contributed by atoms with Crippen LogP contribution in [0.5, 0.6) is 0 Å². The van der Waals surface area contributed by atoms with Crippen LogP contribution in [0.25, 0.3) is 0 Å². The standard InChI is InChI=1S/C16H41N7/c1-3-22(13-5-17)12-4-7-20-8-9-21-11-16-23(14-6-18)15-10-19-2/h19-21H,3-18H2,1-2H3/p+7. The average molecular weight is 339 g/mol. The highest BCUT2D eigenvalue weighted by Crippen LogP contribution is 1.62. The summed E-state index contributed by atoms with van der Waals surface area (Å²) in [4.78, 5) is 3.42. The maximum absolute atomic E-state index is 4.00. The van der Waals surface area contributed by atoms with Gasteiger partial charge in [0.05, 0.1) is 26.7 Å². The van der Waals surface area contributed by atoms with E-state index in [0.717, 1.165) is 13.1 Å². The van der Waals surface area contributed by atoms with Gasteiger partial charge in [-0.3, -0.25) is 0 Å². The highest BCUT2D eigenvalue weighted by molar-refractivity contribution is 4.31. The summed E-state index contributed by atoms with van der Waals surface area (Å²) in [6.45, 7) is 18.2. The number of quaternary nitrogens is 7. The molecule has 0 aromatic carbocycles. The molecule has 2 unspecified atom stereocenters.